The van der Waals surface area contributed by atoms with E-state index < -0.39 is 23.6 Å². The molecule has 0 aliphatic heterocycles. The van der Waals surface area contributed by atoms with Gasteiger partial charge in [-0.05, 0) is 51.3 Å². The third-order valence-corrected chi connectivity index (χ3v) is 4.22. The lowest BCUT2D eigenvalue weighted by Crippen LogP contribution is -2.57. The number of amides is 2. The molecule has 0 saturated heterocycles. The summed E-state index contributed by atoms with van der Waals surface area (Å²) >= 11 is 0. The Kier molecular flexibility index (Phi) is 7.94. The molecular weight excluding hydrogens is 389 g/mol. The highest BCUT2D eigenvalue weighted by Gasteiger charge is 2.32. The van der Waals surface area contributed by atoms with Gasteiger partial charge in [0.05, 0.1) is 12.0 Å². The Morgan fingerprint density at radius 3 is 2.03 bits per heavy atom. The predicted molar refractivity (Wildman–Crippen MR) is 102 cm³/mol. The molecule has 1 atom stereocenters. The Labute approximate surface area is 169 Å². The summed E-state index contributed by atoms with van der Waals surface area (Å²) in [5.74, 6) is -0.684. The summed E-state index contributed by atoms with van der Waals surface area (Å²) in [7, 11) is 0. The normalized spacial score (nSPS) is 14.1. The van der Waals surface area contributed by atoms with Gasteiger partial charge in [0, 0.05) is 6.54 Å². The van der Waals surface area contributed by atoms with Gasteiger partial charge in [-0.3, -0.25) is 4.79 Å². The van der Waals surface area contributed by atoms with Gasteiger partial charge >= 0.3 is 12.5 Å². The van der Waals surface area contributed by atoms with Gasteiger partial charge in [-0.2, -0.15) is 0 Å². The molecule has 1 unspecified atom stereocenters. The van der Waals surface area contributed by atoms with Crippen molar-refractivity contribution in [3.8, 4) is 5.75 Å². The Balaban J connectivity index is 2.68. The van der Waals surface area contributed by atoms with Gasteiger partial charge < -0.3 is 20.1 Å². The second-order valence-corrected chi connectivity index (χ2v) is 8.34. The third kappa shape index (κ3) is 9.54. The first-order valence-electron chi connectivity index (χ1n) is 9.22. The average molecular weight is 418 g/mol. The van der Waals surface area contributed by atoms with Crippen molar-refractivity contribution in [2.24, 2.45) is 5.92 Å². The zero-order valence-corrected chi connectivity index (χ0v) is 17.6. The third-order valence-electron chi connectivity index (χ3n) is 4.22. The van der Waals surface area contributed by atoms with Crippen molar-refractivity contribution in [2.45, 2.75) is 65.5 Å². The predicted octanol–water partition coefficient (Wildman–Crippen LogP) is 4.18. The molecule has 0 aliphatic carbocycles. The molecule has 0 saturated carbocycles. The van der Waals surface area contributed by atoms with Crippen LogP contribution in [-0.4, -0.2) is 36.0 Å². The number of rotatable bonds is 7. The van der Waals surface area contributed by atoms with E-state index in [0.29, 0.717) is 5.56 Å². The minimum atomic E-state index is -4.76. The van der Waals surface area contributed by atoms with Gasteiger partial charge in [0.15, 0.2) is 0 Å². The van der Waals surface area contributed by atoms with Crippen molar-refractivity contribution in [2.75, 3.05) is 6.54 Å². The standard InChI is InChI=1S/C20H29F3N2O4/c1-13(2)19(6,12-24-17(27)29-18(3,4)5)25-16(26)11-14-7-9-15(10-8-14)28-20(21,22)23/h7-10,13H,11-12H2,1-6H3,(H,24,27)(H,25,26). The number of nitrogens with one attached hydrogen (secondary N) is 2. The molecule has 1 aromatic rings. The van der Waals surface area contributed by atoms with Crippen LogP contribution in [0, 0.1) is 5.92 Å². The highest BCUT2D eigenvalue weighted by atomic mass is 19.4. The number of ether oxygens (including phenoxy) is 2. The second-order valence-electron chi connectivity index (χ2n) is 8.34. The maximum atomic E-state index is 12.5. The lowest BCUT2D eigenvalue weighted by atomic mass is 9.88. The van der Waals surface area contributed by atoms with E-state index in [1.165, 1.54) is 12.1 Å². The summed E-state index contributed by atoms with van der Waals surface area (Å²) < 4.78 is 45.6. The number of alkyl carbamates (subject to hydrolysis) is 1. The molecule has 0 spiro atoms. The Hall–Kier alpha value is -2.45. The zero-order valence-electron chi connectivity index (χ0n) is 17.6. The average Bonchev–Trinajstić information content (AvgIpc) is 2.51. The fraction of sp³-hybridized carbons (Fsp3) is 0.600. The van der Waals surface area contributed by atoms with Crippen LogP contribution in [-0.2, 0) is 16.0 Å². The van der Waals surface area contributed by atoms with Gasteiger partial charge in [-0.15, -0.1) is 13.2 Å². The first-order chi connectivity index (χ1) is 13.1. The van der Waals surface area contributed by atoms with Crippen LogP contribution in [0.1, 0.15) is 47.1 Å². The summed E-state index contributed by atoms with van der Waals surface area (Å²) in [4.78, 5) is 24.4. The van der Waals surface area contributed by atoms with Crippen molar-refractivity contribution < 1.29 is 32.2 Å². The first-order valence-corrected chi connectivity index (χ1v) is 9.22. The van der Waals surface area contributed by atoms with Crippen LogP contribution in [0.3, 0.4) is 0 Å². The molecule has 9 heteroatoms. The SMILES string of the molecule is CC(C)C(C)(CNC(=O)OC(C)(C)C)NC(=O)Cc1ccc(OC(F)(F)F)cc1. The van der Waals surface area contributed by atoms with Gasteiger partial charge in [0.1, 0.15) is 11.4 Å². The van der Waals surface area contributed by atoms with Crippen molar-refractivity contribution in [1.82, 2.24) is 10.6 Å². The van der Waals surface area contributed by atoms with E-state index in [1.807, 2.05) is 13.8 Å². The molecule has 0 aliphatic rings. The van der Waals surface area contributed by atoms with Crippen LogP contribution in [0.4, 0.5) is 18.0 Å². The molecule has 1 aromatic carbocycles. The van der Waals surface area contributed by atoms with E-state index in [4.69, 9.17) is 4.74 Å². The van der Waals surface area contributed by atoms with Crippen LogP contribution in [0.5, 0.6) is 5.75 Å². The van der Waals surface area contributed by atoms with E-state index in [0.717, 1.165) is 12.1 Å². The maximum absolute atomic E-state index is 12.5. The van der Waals surface area contributed by atoms with Crippen molar-refractivity contribution >= 4 is 12.0 Å². The number of carbonyl (C=O) groups excluding carboxylic acids is 2. The topological polar surface area (TPSA) is 76.7 Å². The molecule has 0 aromatic heterocycles. The minimum absolute atomic E-state index is 0.0102. The van der Waals surface area contributed by atoms with Gasteiger partial charge in [0.2, 0.25) is 5.91 Å². The van der Waals surface area contributed by atoms with E-state index in [1.54, 1.807) is 27.7 Å². The summed E-state index contributed by atoms with van der Waals surface area (Å²) in [5.41, 5.74) is -0.847. The minimum Gasteiger partial charge on any atom is -0.444 e. The van der Waals surface area contributed by atoms with E-state index in [9.17, 15) is 22.8 Å². The van der Waals surface area contributed by atoms with Gasteiger partial charge in [-0.1, -0.05) is 26.0 Å². The number of hydrogen-bond acceptors (Lipinski definition) is 4. The summed E-state index contributed by atoms with van der Waals surface area (Å²) in [6.07, 6.45) is -5.38. The molecule has 0 fully saturated rings. The molecule has 0 bridgehead atoms. The Bertz CT molecular complexity index is 697. The summed E-state index contributed by atoms with van der Waals surface area (Å²) in [5, 5.41) is 5.55. The molecule has 0 heterocycles. The number of carbonyl (C=O) groups is 2. The number of halogens is 3. The molecule has 164 valence electrons. The highest BCUT2D eigenvalue weighted by molar-refractivity contribution is 5.79. The number of benzene rings is 1. The molecular formula is C20H29F3N2O4. The van der Waals surface area contributed by atoms with Crippen LogP contribution in [0.2, 0.25) is 0 Å². The molecule has 29 heavy (non-hydrogen) atoms. The van der Waals surface area contributed by atoms with Gasteiger partial charge in [0.25, 0.3) is 0 Å². The second kappa shape index (κ2) is 9.37. The van der Waals surface area contributed by atoms with Crippen LogP contribution >= 0.6 is 0 Å². The van der Waals surface area contributed by atoms with Crippen molar-refractivity contribution in [1.29, 1.82) is 0 Å². The maximum Gasteiger partial charge on any atom is 0.573 e. The van der Waals surface area contributed by atoms with E-state index >= 15 is 0 Å². The first kappa shape index (κ1) is 24.6. The number of alkyl halides is 3. The molecule has 0 radical (unpaired) electrons. The molecule has 1 rings (SSSR count). The Morgan fingerprint density at radius 2 is 1.59 bits per heavy atom. The largest absolute Gasteiger partial charge is 0.573 e. The molecule has 2 N–H and O–H groups in total. The van der Waals surface area contributed by atoms with Gasteiger partial charge in [-0.25, -0.2) is 4.79 Å². The fourth-order valence-corrected chi connectivity index (χ4v) is 2.32. The van der Waals surface area contributed by atoms with Crippen molar-refractivity contribution in [3.63, 3.8) is 0 Å². The quantitative estimate of drug-likeness (QED) is 0.696. The van der Waals surface area contributed by atoms with Crippen LogP contribution in [0.25, 0.3) is 0 Å². The fourth-order valence-electron chi connectivity index (χ4n) is 2.32. The molecule has 2 amide bonds. The summed E-state index contributed by atoms with van der Waals surface area (Å²) in [6, 6.07) is 5.10. The molecule has 6 nitrogen and oxygen atoms in total. The van der Waals surface area contributed by atoms with Crippen molar-refractivity contribution in [3.05, 3.63) is 29.8 Å². The van der Waals surface area contributed by atoms with Crippen LogP contribution < -0.4 is 15.4 Å². The highest BCUT2D eigenvalue weighted by Crippen LogP contribution is 2.23. The summed E-state index contributed by atoms with van der Waals surface area (Å²) in [6.45, 7) is 11.0. The lowest BCUT2D eigenvalue weighted by molar-refractivity contribution is -0.274. The lowest BCUT2D eigenvalue weighted by Gasteiger charge is -2.35. The Morgan fingerprint density at radius 1 is 1.03 bits per heavy atom. The zero-order chi connectivity index (χ0) is 22.5. The number of hydrogen-bond donors (Lipinski definition) is 2. The van der Waals surface area contributed by atoms with E-state index in [-0.39, 0.29) is 30.5 Å². The van der Waals surface area contributed by atoms with E-state index in [2.05, 4.69) is 15.4 Å². The monoisotopic (exact) mass is 418 g/mol. The smallest absolute Gasteiger partial charge is 0.444 e. The van der Waals surface area contributed by atoms with Crippen LogP contribution in [0.15, 0.2) is 24.3 Å².